The molecule has 0 unspecified atom stereocenters. The summed E-state index contributed by atoms with van der Waals surface area (Å²) in [5.74, 6) is 1.10. The molecule has 0 aromatic heterocycles. The van der Waals surface area contributed by atoms with Crippen LogP contribution in [-0.4, -0.2) is 48.3 Å². The quantitative estimate of drug-likeness (QED) is 0.552. The van der Waals surface area contributed by atoms with E-state index in [-0.39, 0.29) is 18.3 Å². The Hall–Kier alpha value is -1.82. The molecule has 1 heterocycles. The first kappa shape index (κ1) is 19.9. The van der Waals surface area contributed by atoms with Gasteiger partial charge in [-0.1, -0.05) is 30.3 Å². The summed E-state index contributed by atoms with van der Waals surface area (Å²) in [5, 5.41) is 8.90. The van der Waals surface area contributed by atoms with Crippen molar-refractivity contribution in [2.24, 2.45) is 5.92 Å². The molecule has 2 aromatic rings. The maximum Gasteiger partial charge on any atom is 0.168 e. The average molecular weight is 386 g/mol. The van der Waals surface area contributed by atoms with Gasteiger partial charge in [-0.15, -0.1) is 11.8 Å². The van der Waals surface area contributed by atoms with Gasteiger partial charge < -0.3 is 9.84 Å². The molecule has 0 aliphatic carbocycles. The van der Waals surface area contributed by atoms with E-state index in [4.69, 9.17) is 9.84 Å². The van der Waals surface area contributed by atoms with Crippen LogP contribution < -0.4 is 4.74 Å². The number of hydrogen-bond acceptors (Lipinski definition) is 5. The number of ketones is 1. The lowest BCUT2D eigenvalue weighted by Gasteiger charge is -2.32. The minimum atomic E-state index is 0.0116. The lowest BCUT2D eigenvalue weighted by molar-refractivity contribution is 0.0808. The third-order valence-electron chi connectivity index (χ3n) is 4.91. The molecule has 4 nitrogen and oxygen atoms in total. The predicted octanol–water partition coefficient (Wildman–Crippen LogP) is 3.87. The minimum absolute atomic E-state index is 0.0116. The fourth-order valence-electron chi connectivity index (χ4n) is 3.64. The number of rotatable bonds is 8. The average Bonchev–Trinajstić information content (AvgIpc) is 2.72. The number of Topliss-reactive ketones (excluding diaryl/α,β-unsaturated/α-hetero) is 1. The van der Waals surface area contributed by atoms with Crippen molar-refractivity contribution < 1.29 is 14.6 Å². The molecule has 0 bridgehead atoms. The molecule has 1 N–H and O–H groups in total. The van der Waals surface area contributed by atoms with Crippen molar-refractivity contribution in [1.82, 2.24) is 4.90 Å². The van der Waals surface area contributed by atoms with E-state index in [1.807, 2.05) is 48.7 Å². The Morgan fingerprint density at radius 3 is 2.93 bits per heavy atom. The van der Waals surface area contributed by atoms with Crippen LogP contribution in [0.1, 0.15) is 28.8 Å². The second-order valence-electron chi connectivity index (χ2n) is 6.86. The van der Waals surface area contributed by atoms with E-state index in [2.05, 4.69) is 11.0 Å². The lowest BCUT2D eigenvalue weighted by atomic mass is 9.89. The highest BCUT2D eigenvalue weighted by Gasteiger charge is 2.27. The highest BCUT2D eigenvalue weighted by Crippen LogP contribution is 2.27. The van der Waals surface area contributed by atoms with Gasteiger partial charge in [0.15, 0.2) is 5.78 Å². The molecule has 1 aliphatic rings. The van der Waals surface area contributed by atoms with Crippen LogP contribution in [0.3, 0.4) is 0 Å². The van der Waals surface area contributed by atoms with Gasteiger partial charge in [0.1, 0.15) is 12.4 Å². The van der Waals surface area contributed by atoms with Crippen LogP contribution in [0.2, 0.25) is 0 Å². The fourth-order valence-corrected chi connectivity index (χ4v) is 4.24. The summed E-state index contributed by atoms with van der Waals surface area (Å²) in [4.78, 5) is 16.5. The number of likely N-dealkylation sites (tertiary alicyclic amines) is 1. The van der Waals surface area contributed by atoms with E-state index in [1.54, 1.807) is 11.8 Å². The normalized spacial score (nSPS) is 17.6. The van der Waals surface area contributed by atoms with E-state index >= 15 is 0 Å². The first-order valence-corrected chi connectivity index (χ1v) is 10.7. The summed E-state index contributed by atoms with van der Waals surface area (Å²) < 4.78 is 5.50. The van der Waals surface area contributed by atoms with Gasteiger partial charge in [-0.25, -0.2) is 0 Å². The van der Waals surface area contributed by atoms with Crippen molar-refractivity contribution in [3.8, 4) is 5.75 Å². The van der Waals surface area contributed by atoms with Crippen LogP contribution >= 0.6 is 11.8 Å². The van der Waals surface area contributed by atoms with Gasteiger partial charge in [0, 0.05) is 29.5 Å². The van der Waals surface area contributed by atoms with Crippen molar-refractivity contribution >= 4 is 17.5 Å². The second-order valence-corrected chi connectivity index (χ2v) is 7.71. The molecular formula is C22H27NO3S. The van der Waals surface area contributed by atoms with Crippen molar-refractivity contribution in [2.75, 3.05) is 32.6 Å². The number of ether oxygens (including phenoxy) is 1. The van der Waals surface area contributed by atoms with Crippen LogP contribution in [0, 0.1) is 5.92 Å². The van der Waals surface area contributed by atoms with Gasteiger partial charge in [0.2, 0.25) is 0 Å². The van der Waals surface area contributed by atoms with Crippen molar-refractivity contribution in [3.63, 3.8) is 0 Å². The van der Waals surface area contributed by atoms with Crippen LogP contribution in [0.4, 0.5) is 0 Å². The smallest absolute Gasteiger partial charge is 0.168 e. The summed E-state index contributed by atoms with van der Waals surface area (Å²) in [6.45, 7) is 2.93. The molecule has 1 atom stereocenters. The Bertz CT molecular complexity index is 765. The van der Waals surface area contributed by atoms with Crippen molar-refractivity contribution in [3.05, 3.63) is 59.7 Å². The molecule has 0 spiro atoms. The third-order valence-corrected chi connectivity index (χ3v) is 5.71. The van der Waals surface area contributed by atoms with Crippen molar-refractivity contribution in [2.45, 2.75) is 24.3 Å². The minimum Gasteiger partial charge on any atom is -0.491 e. The van der Waals surface area contributed by atoms with Crippen LogP contribution in [-0.2, 0) is 6.54 Å². The lowest BCUT2D eigenvalue weighted by Crippen LogP contribution is -2.38. The van der Waals surface area contributed by atoms with Gasteiger partial charge in [0.05, 0.1) is 6.61 Å². The Morgan fingerprint density at radius 1 is 1.26 bits per heavy atom. The zero-order chi connectivity index (χ0) is 19.1. The maximum atomic E-state index is 13.1. The van der Waals surface area contributed by atoms with Crippen LogP contribution in [0.15, 0.2) is 53.4 Å². The zero-order valence-corrected chi connectivity index (χ0v) is 16.6. The number of piperidine rings is 1. The molecule has 1 aliphatic heterocycles. The highest BCUT2D eigenvalue weighted by atomic mass is 32.2. The van der Waals surface area contributed by atoms with E-state index in [9.17, 15) is 4.79 Å². The zero-order valence-electron chi connectivity index (χ0n) is 15.8. The molecular weight excluding hydrogens is 358 g/mol. The Kier molecular flexibility index (Phi) is 7.33. The molecule has 27 heavy (non-hydrogen) atoms. The molecule has 144 valence electrons. The monoisotopic (exact) mass is 385 g/mol. The molecule has 2 aromatic carbocycles. The number of thioether (sulfide) groups is 1. The maximum absolute atomic E-state index is 13.1. The SMILES string of the molecule is CSc1ccccc1C(=O)[C@@H]1CCCN(Cc2cccc(OCCO)c2)C1. The predicted molar refractivity (Wildman–Crippen MR) is 110 cm³/mol. The number of aliphatic hydroxyl groups excluding tert-OH is 1. The molecule has 0 radical (unpaired) electrons. The van der Waals surface area contributed by atoms with Crippen LogP contribution in [0.5, 0.6) is 5.75 Å². The van der Waals surface area contributed by atoms with Crippen molar-refractivity contribution in [1.29, 1.82) is 0 Å². The Morgan fingerprint density at radius 2 is 2.11 bits per heavy atom. The van der Waals surface area contributed by atoms with Gasteiger partial charge in [-0.3, -0.25) is 9.69 Å². The number of carbonyl (C=O) groups excluding carboxylic acids is 1. The molecule has 0 amide bonds. The second kappa shape index (κ2) is 9.93. The van der Waals surface area contributed by atoms with Gasteiger partial charge in [0.25, 0.3) is 0 Å². The summed E-state index contributed by atoms with van der Waals surface area (Å²) >= 11 is 1.63. The van der Waals surface area contributed by atoms with Gasteiger partial charge in [-0.2, -0.15) is 0 Å². The van der Waals surface area contributed by atoms with Gasteiger partial charge in [-0.05, 0) is 49.4 Å². The number of aliphatic hydroxyl groups is 1. The van der Waals surface area contributed by atoms with E-state index < -0.39 is 0 Å². The molecule has 5 heteroatoms. The summed E-state index contributed by atoms with van der Waals surface area (Å²) in [5.41, 5.74) is 2.03. The summed E-state index contributed by atoms with van der Waals surface area (Å²) in [6, 6.07) is 15.9. The first-order chi connectivity index (χ1) is 13.2. The number of hydrogen-bond donors (Lipinski definition) is 1. The first-order valence-electron chi connectivity index (χ1n) is 9.43. The molecule has 3 rings (SSSR count). The molecule has 1 fully saturated rings. The van der Waals surface area contributed by atoms with E-state index in [1.165, 1.54) is 5.56 Å². The number of carbonyl (C=O) groups is 1. The highest BCUT2D eigenvalue weighted by molar-refractivity contribution is 7.98. The number of benzene rings is 2. The molecule has 1 saturated heterocycles. The number of nitrogens with zero attached hydrogens (tertiary/aromatic N) is 1. The topological polar surface area (TPSA) is 49.8 Å². The van der Waals surface area contributed by atoms with E-state index in [0.717, 1.165) is 48.7 Å². The summed E-state index contributed by atoms with van der Waals surface area (Å²) in [6.07, 6.45) is 4.02. The Balaban J connectivity index is 1.65. The van der Waals surface area contributed by atoms with Gasteiger partial charge >= 0.3 is 0 Å². The van der Waals surface area contributed by atoms with Crippen LogP contribution in [0.25, 0.3) is 0 Å². The fraction of sp³-hybridized carbons (Fsp3) is 0.409. The summed E-state index contributed by atoms with van der Waals surface area (Å²) in [7, 11) is 0. The third kappa shape index (κ3) is 5.34. The molecule has 0 saturated carbocycles. The Labute approximate surface area is 165 Å². The standard InChI is InChI=1S/C22H27NO3S/c1-27-21-10-3-2-9-20(21)22(25)18-7-5-11-23(16-18)15-17-6-4-8-19(14-17)26-13-12-24/h2-4,6,8-10,14,18,24H,5,7,11-13,15-16H2,1H3/t18-/m1/s1. The van der Waals surface area contributed by atoms with E-state index in [0.29, 0.717) is 6.61 Å². The largest absolute Gasteiger partial charge is 0.491 e.